The Morgan fingerprint density at radius 3 is 0.962 bits per heavy atom. The van der Waals surface area contributed by atoms with E-state index in [9.17, 15) is 10.5 Å². The minimum Gasteiger partial charge on any atom is -0.308 e. The Balaban J connectivity index is 1.50. The lowest BCUT2D eigenvalue weighted by Gasteiger charge is -2.21. The van der Waals surface area contributed by atoms with Crippen LogP contribution in [-0.4, -0.2) is 9.13 Å². The van der Waals surface area contributed by atoms with Gasteiger partial charge in [0.15, 0.2) is 0 Å². The van der Waals surface area contributed by atoms with Crippen LogP contribution < -0.4 is 0 Å². The highest BCUT2D eigenvalue weighted by molar-refractivity contribution is 6.12. The molecule has 2 heterocycles. The van der Waals surface area contributed by atoms with Gasteiger partial charge in [-0.25, -0.2) is 17.6 Å². The number of hydrogen-bond acceptors (Lipinski definition) is 2. The maximum Gasteiger partial charge on any atom is 0.125 e. The fraction of sp³-hybridized carbons (Fsp3) is 0. The molecule has 0 saturated heterocycles. The van der Waals surface area contributed by atoms with E-state index >= 15 is 17.6 Å². The van der Waals surface area contributed by atoms with Crippen molar-refractivity contribution >= 4 is 43.6 Å². The van der Waals surface area contributed by atoms with E-state index in [1.165, 1.54) is 48.5 Å². The van der Waals surface area contributed by atoms with Crippen molar-refractivity contribution in [2.45, 2.75) is 0 Å². The SMILES string of the molecule is N#Cc1ccc(-c2cc(-c3ccc(C#N)cc3)c(-n3c4cc(F)ccc4c4ccc(F)cc43)cc2-n2c3cc(F)ccc3c3ccc(F)cc32)cc1. The van der Waals surface area contributed by atoms with Crippen molar-refractivity contribution in [3.05, 3.63) is 168 Å². The van der Waals surface area contributed by atoms with Crippen molar-refractivity contribution in [3.8, 4) is 45.8 Å². The molecule has 0 radical (unpaired) electrons. The van der Waals surface area contributed by atoms with Gasteiger partial charge in [-0.1, -0.05) is 24.3 Å². The summed E-state index contributed by atoms with van der Waals surface area (Å²) in [7, 11) is 0. The van der Waals surface area contributed by atoms with Crippen LogP contribution in [0.3, 0.4) is 0 Å². The Kier molecular flexibility index (Phi) is 6.96. The van der Waals surface area contributed by atoms with Crippen LogP contribution >= 0.6 is 0 Å². The Bertz CT molecular complexity index is 2690. The van der Waals surface area contributed by atoms with Crippen molar-refractivity contribution in [2.75, 3.05) is 0 Å². The summed E-state index contributed by atoms with van der Waals surface area (Å²) < 4.78 is 64.0. The van der Waals surface area contributed by atoms with Crippen LogP contribution in [0.25, 0.3) is 77.2 Å². The summed E-state index contributed by atoms with van der Waals surface area (Å²) in [5, 5.41) is 21.9. The first-order chi connectivity index (χ1) is 25.3. The summed E-state index contributed by atoms with van der Waals surface area (Å²) in [6.45, 7) is 0. The summed E-state index contributed by atoms with van der Waals surface area (Å²) in [5.41, 5.74) is 6.57. The lowest BCUT2D eigenvalue weighted by molar-refractivity contribution is 0.628. The van der Waals surface area contributed by atoms with Gasteiger partial charge in [-0.15, -0.1) is 0 Å². The monoisotopic (exact) mass is 682 g/mol. The van der Waals surface area contributed by atoms with E-state index in [0.717, 1.165) is 0 Å². The Hall–Kier alpha value is -7.16. The lowest BCUT2D eigenvalue weighted by atomic mass is 9.94. The zero-order chi connectivity index (χ0) is 35.7. The van der Waals surface area contributed by atoms with Gasteiger partial charge in [-0.3, -0.25) is 0 Å². The minimum atomic E-state index is -0.486. The molecule has 8 heteroatoms. The lowest BCUT2D eigenvalue weighted by Crippen LogP contribution is -2.04. The van der Waals surface area contributed by atoms with Crippen LogP contribution in [0.1, 0.15) is 11.1 Å². The molecule has 0 spiro atoms. The molecule has 0 fully saturated rings. The third-order valence-electron chi connectivity index (χ3n) is 9.63. The molecule has 2 aromatic heterocycles. The molecule has 0 bridgehead atoms. The van der Waals surface area contributed by atoms with Gasteiger partial charge in [0.1, 0.15) is 23.3 Å². The highest BCUT2D eigenvalue weighted by Crippen LogP contribution is 2.44. The average Bonchev–Trinajstić information content (AvgIpc) is 3.64. The van der Waals surface area contributed by atoms with Gasteiger partial charge < -0.3 is 9.13 Å². The van der Waals surface area contributed by atoms with Crippen LogP contribution in [0, 0.1) is 45.9 Å². The molecule has 0 atom stereocenters. The summed E-state index contributed by atoms with van der Waals surface area (Å²) in [6.07, 6.45) is 0. The number of nitrogens with zero attached hydrogens (tertiary/aromatic N) is 4. The molecule has 0 aliphatic rings. The van der Waals surface area contributed by atoms with Gasteiger partial charge in [0.2, 0.25) is 0 Å². The molecular weight excluding hydrogens is 661 g/mol. The second-order valence-electron chi connectivity index (χ2n) is 12.6. The molecule has 246 valence electrons. The first-order valence-corrected chi connectivity index (χ1v) is 16.3. The molecule has 0 N–H and O–H groups in total. The van der Waals surface area contributed by atoms with E-state index < -0.39 is 23.3 Å². The zero-order valence-corrected chi connectivity index (χ0v) is 27.0. The molecule has 7 aromatic carbocycles. The second-order valence-corrected chi connectivity index (χ2v) is 12.6. The van der Waals surface area contributed by atoms with E-state index in [0.29, 0.717) is 88.4 Å². The standard InChI is InChI=1S/C44H22F4N4/c45-29-9-13-33-34-14-10-30(46)18-40(34)51(39(33)17-29)43-22-44(52-41-19-31(47)11-15-35(41)36-16-12-32(48)20-42(36)52)38(28-7-3-26(24-50)4-8-28)21-37(43)27-5-1-25(23-49)2-6-27/h1-22H. The Labute approximate surface area is 293 Å². The second kappa shape index (κ2) is 11.7. The van der Waals surface area contributed by atoms with Gasteiger partial charge in [-0.2, -0.15) is 10.5 Å². The van der Waals surface area contributed by atoms with E-state index in [4.69, 9.17) is 0 Å². The van der Waals surface area contributed by atoms with Crippen LogP contribution in [0.15, 0.2) is 133 Å². The van der Waals surface area contributed by atoms with Crippen LogP contribution in [0.4, 0.5) is 17.6 Å². The third-order valence-corrected chi connectivity index (χ3v) is 9.63. The zero-order valence-electron chi connectivity index (χ0n) is 27.0. The van der Waals surface area contributed by atoms with Crippen LogP contribution in [0.5, 0.6) is 0 Å². The number of nitriles is 2. The molecule has 9 rings (SSSR count). The third kappa shape index (κ3) is 4.81. The van der Waals surface area contributed by atoms with E-state index in [-0.39, 0.29) is 0 Å². The molecule has 0 aliphatic carbocycles. The van der Waals surface area contributed by atoms with Gasteiger partial charge >= 0.3 is 0 Å². The largest absolute Gasteiger partial charge is 0.308 e. The quantitative estimate of drug-likeness (QED) is 0.174. The Morgan fingerprint density at radius 1 is 0.365 bits per heavy atom. The van der Waals surface area contributed by atoms with E-state index in [1.54, 1.807) is 81.9 Å². The smallest absolute Gasteiger partial charge is 0.125 e. The number of fused-ring (bicyclic) bond motifs is 6. The van der Waals surface area contributed by atoms with Crippen molar-refractivity contribution in [1.29, 1.82) is 10.5 Å². The predicted octanol–water partition coefficient (Wildman–Crippen LogP) is 11.5. The summed E-state index contributed by atoms with van der Waals surface area (Å²) in [6, 6.07) is 39.8. The molecule has 0 saturated carbocycles. The molecular formula is C44H22F4N4. The maximum atomic E-state index is 15.1. The molecule has 52 heavy (non-hydrogen) atoms. The van der Waals surface area contributed by atoms with Crippen molar-refractivity contribution in [3.63, 3.8) is 0 Å². The summed E-state index contributed by atoms with van der Waals surface area (Å²) in [4.78, 5) is 0. The number of halogens is 4. The topological polar surface area (TPSA) is 57.4 Å². The maximum absolute atomic E-state index is 15.1. The molecule has 0 amide bonds. The van der Waals surface area contributed by atoms with Gasteiger partial charge in [0.25, 0.3) is 0 Å². The first kappa shape index (κ1) is 30.9. The Morgan fingerprint density at radius 2 is 0.673 bits per heavy atom. The molecule has 0 unspecified atom stereocenters. The summed E-state index contributed by atoms with van der Waals surface area (Å²) in [5.74, 6) is -1.95. The number of hydrogen-bond donors (Lipinski definition) is 0. The van der Waals surface area contributed by atoms with E-state index in [2.05, 4.69) is 12.1 Å². The highest BCUT2D eigenvalue weighted by Gasteiger charge is 2.23. The van der Waals surface area contributed by atoms with Gasteiger partial charge in [0.05, 0.1) is 56.7 Å². The van der Waals surface area contributed by atoms with E-state index in [1.807, 2.05) is 12.1 Å². The molecule has 0 aliphatic heterocycles. The minimum absolute atomic E-state index is 0.449. The predicted molar refractivity (Wildman–Crippen MR) is 195 cm³/mol. The number of aromatic nitrogens is 2. The van der Waals surface area contributed by atoms with Crippen LogP contribution in [0.2, 0.25) is 0 Å². The van der Waals surface area contributed by atoms with Crippen molar-refractivity contribution < 1.29 is 17.6 Å². The number of benzene rings is 7. The van der Waals surface area contributed by atoms with Gasteiger partial charge in [-0.05, 0) is 120 Å². The first-order valence-electron chi connectivity index (χ1n) is 16.3. The van der Waals surface area contributed by atoms with Gasteiger partial charge in [0, 0.05) is 32.7 Å². The fourth-order valence-electron chi connectivity index (χ4n) is 7.31. The highest BCUT2D eigenvalue weighted by atomic mass is 19.1. The van der Waals surface area contributed by atoms with Crippen LogP contribution in [-0.2, 0) is 0 Å². The number of rotatable bonds is 4. The molecule has 4 nitrogen and oxygen atoms in total. The fourth-order valence-corrected chi connectivity index (χ4v) is 7.31. The molecule has 9 aromatic rings. The average molecular weight is 683 g/mol. The van der Waals surface area contributed by atoms with Crippen molar-refractivity contribution in [1.82, 2.24) is 9.13 Å². The van der Waals surface area contributed by atoms with Crippen molar-refractivity contribution in [2.24, 2.45) is 0 Å². The normalized spacial score (nSPS) is 11.4. The summed E-state index contributed by atoms with van der Waals surface area (Å²) >= 11 is 0.